The zero-order valence-corrected chi connectivity index (χ0v) is 23.5. The molecule has 4 aliphatic heterocycles. The number of carbonyl (C=O) groups excluding carboxylic acids is 4. The molecule has 0 spiro atoms. The van der Waals surface area contributed by atoms with Crippen molar-refractivity contribution in [2.75, 3.05) is 50.7 Å². The molecular weight excluding hydrogens is 543 g/mol. The lowest BCUT2D eigenvalue weighted by Crippen LogP contribution is -2.51. The highest BCUT2D eigenvalue weighted by molar-refractivity contribution is 6.23. The van der Waals surface area contributed by atoms with Crippen molar-refractivity contribution < 1.29 is 23.6 Å². The largest absolute Gasteiger partial charge is 0.394 e. The van der Waals surface area contributed by atoms with E-state index in [1.807, 2.05) is 4.90 Å². The van der Waals surface area contributed by atoms with Gasteiger partial charge >= 0.3 is 0 Å². The third-order valence-corrected chi connectivity index (χ3v) is 8.55. The van der Waals surface area contributed by atoms with E-state index in [9.17, 15) is 19.2 Å². The van der Waals surface area contributed by atoms with E-state index in [1.54, 1.807) is 6.08 Å². The molecule has 5 rings (SSSR count). The second kappa shape index (κ2) is 11.8. The zero-order valence-electron chi connectivity index (χ0n) is 23.5. The van der Waals surface area contributed by atoms with Crippen molar-refractivity contribution >= 4 is 29.3 Å². The van der Waals surface area contributed by atoms with Crippen LogP contribution in [-0.4, -0.2) is 90.2 Å². The van der Waals surface area contributed by atoms with Gasteiger partial charge in [-0.2, -0.15) is 0 Å². The average molecular weight is 581 g/mol. The van der Waals surface area contributed by atoms with Gasteiger partial charge in [0.25, 0.3) is 17.7 Å². The molecule has 3 saturated heterocycles. The van der Waals surface area contributed by atoms with E-state index in [2.05, 4.69) is 21.7 Å². The molecule has 1 atom stereocenters. The number of anilines is 1. The minimum absolute atomic E-state index is 0.00808. The number of hydrogen-bond donors (Lipinski definition) is 4. The summed E-state index contributed by atoms with van der Waals surface area (Å²) in [5.74, 6) is -1.89. The van der Waals surface area contributed by atoms with Crippen LogP contribution in [0.3, 0.4) is 0 Å². The summed E-state index contributed by atoms with van der Waals surface area (Å²) in [7, 11) is 0. The summed E-state index contributed by atoms with van der Waals surface area (Å²) < 4.78 is 15.3. The number of benzene rings is 1. The fourth-order valence-electron chi connectivity index (χ4n) is 6.07. The lowest BCUT2D eigenvalue weighted by molar-refractivity contribution is -0.125. The number of piperidine rings is 2. The van der Waals surface area contributed by atoms with E-state index in [1.165, 1.54) is 12.1 Å². The van der Waals surface area contributed by atoms with E-state index in [0.29, 0.717) is 49.1 Å². The van der Waals surface area contributed by atoms with Crippen molar-refractivity contribution in [3.8, 4) is 0 Å². The summed E-state index contributed by atoms with van der Waals surface area (Å²) in [6.45, 7) is 8.87. The van der Waals surface area contributed by atoms with E-state index in [0.717, 1.165) is 56.5 Å². The zero-order chi connectivity index (χ0) is 30.1. The molecule has 1 aromatic carbocycles. The van der Waals surface area contributed by atoms with Crippen molar-refractivity contribution in [3.63, 3.8) is 0 Å². The van der Waals surface area contributed by atoms with Gasteiger partial charge in [-0.15, -0.1) is 0 Å². The van der Waals surface area contributed by atoms with Crippen LogP contribution in [0.5, 0.6) is 0 Å². The predicted octanol–water partition coefficient (Wildman–Crippen LogP) is 0.176. The summed E-state index contributed by atoms with van der Waals surface area (Å²) in [6.07, 6.45) is 5.70. The van der Waals surface area contributed by atoms with Crippen LogP contribution in [0.15, 0.2) is 48.1 Å². The molecular formula is C29H37FN8O4. The number of amides is 4. The quantitative estimate of drug-likeness (QED) is 0.199. The molecule has 0 aliphatic carbocycles. The van der Waals surface area contributed by atoms with Crippen LogP contribution in [0.2, 0.25) is 0 Å². The topological polar surface area (TPSA) is 171 Å². The molecule has 0 radical (unpaired) electrons. The molecule has 4 heterocycles. The summed E-state index contributed by atoms with van der Waals surface area (Å²) in [4.78, 5) is 57.1. The normalized spacial score (nSPS) is 23.0. The van der Waals surface area contributed by atoms with E-state index < -0.39 is 35.5 Å². The molecule has 42 heavy (non-hydrogen) atoms. The van der Waals surface area contributed by atoms with Crippen LogP contribution in [0.4, 0.5) is 10.1 Å². The first kappa shape index (κ1) is 29.1. The number of nitrogens with one attached hydrogen (secondary N) is 1. The molecule has 13 heteroatoms. The number of likely N-dealkylation sites (tertiary alicyclic amines) is 1. The lowest BCUT2D eigenvalue weighted by atomic mass is 9.96. The first-order valence-electron chi connectivity index (χ1n) is 14.2. The van der Waals surface area contributed by atoms with Crippen LogP contribution >= 0.6 is 0 Å². The van der Waals surface area contributed by atoms with Gasteiger partial charge in [0.1, 0.15) is 11.9 Å². The van der Waals surface area contributed by atoms with Crippen LogP contribution in [0.1, 0.15) is 46.4 Å². The van der Waals surface area contributed by atoms with Gasteiger partial charge in [-0.25, -0.2) is 4.39 Å². The molecule has 4 aliphatic rings. The maximum absolute atomic E-state index is 15.3. The number of carbonyl (C=O) groups is 4. The Kier molecular flexibility index (Phi) is 8.21. The second-order valence-electron chi connectivity index (χ2n) is 11.3. The highest BCUT2D eigenvalue weighted by atomic mass is 19.1. The minimum Gasteiger partial charge on any atom is -0.394 e. The van der Waals surface area contributed by atoms with Crippen molar-refractivity contribution in [3.05, 3.63) is 65.0 Å². The monoisotopic (exact) mass is 580 g/mol. The van der Waals surface area contributed by atoms with Crippen molar-refractivity contribution in [2.24, 2.45) is 23.1 Å². The lowest BCUT2D eigenvalue weighted by Gasteiger charge is -2.40. The van der Waals surface area contributed by atoms with Gasteiger partial charge in [0.2, 0.25) is 5.91 Å². The fraction of sp³-hybridized carbons (Fsp3) is 0.448. The third kappa shape index (κ3) is 5.82. The Morgan fingerprint density at radius 2 is 1.60 bits per heavy atom. The fourth-order valence-corrected chi connectivity index (χ4v) is 6.07. The molecule has 224 valence electrons. The number of nitrogens with zero attached hydrogens (tertiary/aromatic N) is 4. The number of halogens is 1. The van der Waals surface area contributed by atoms with Gasteiger partial charge < -0.3 is 32.3 Å². The molecule has 0 aromatic heterocycles. The third-order valence-electron chi connectivity index (χ3n) is 8.55. The van der Waals surface area contributed by atoms with Gasteiger partial charge in [-0.3, -0.25) is 29.0 Å². The van der Waals surface area contributed by atoms with Crippen molar-refractivity contribution in [2.45, 2.75) is 31.7 Å². The molecule has 0 bridgehead atoms. The molecule has 1 unspecified atom stereocenters. The van der Waals surface area contributed by atoms with Gasteiger partial charge in [-0.05, 0) is 55.9 Å². The Morgan fingerprint density at radius 3 is 2.21 bits per heavy atom. The van der Waals surface area contributed by atoms with Crippen LogP contribution in [0.25, 0.3) is 0 Å². The predicted molar refractivity (Wildman–Crippen MR) is 154 cm³/mol. The molecule has 4 amide bonds. The summed E-state index contributed by atoms with van der Waals surface area (Å²) in [6, 6.07) is 1.65. The van der Waals surface area contributed by atoms with Crippen LogP contribution in [0, 0.1) is 11.7 Å². The number of hydrogen-bond acceptors (Lipinski definition) is 9. The molecule has 1 aromatic rings. The van der Waals surface area contributed by atoms with Gasteiger partial charge in [0.15, 0.2) is 0 Å². The minimum atomic E-state index is -0.935. The summed E-state index contributed by atoms with van der Waals surface area (Å²) in [5.41, 5.74) is 17.7. The van der Waals surface area contributed by atoms with Crippen LogP contribution in [-0.2, 0) is 9.59 Å². The van der Waals surface area contributed by atoms with Gasteiger partial charge in [0.05, 0.1) is 28.3 Å². The molecule has 12 nitrogen and oxygen atoms in total. The van der Waals surface area contributed by atoms with Gasteiger partial charge in [-0.1, -0.05) is 6.58 Å². The SMILES string of the molecule is C=C1CCC(N2C(=O)c3cc(F)c(N4CCN(CC5CCN(/C(N)=C/C=C(\N)C(N)=O)CC5)CC4)cc3C2=O)C(=O)N1. The Labute approximate surface area is 243 Å². The molecule has 7 N–H and O–H groups in total. The Morgan fingerprint density at radius 1 is 0.952 bits per heavy atom. The van der Waals surface area contributed by atoms with Crippen molar-refractivity contribution in [1.82, 2.24) is 20.0 Å². The smallest absolute Gasteiger partial charge is 0.264 e. The number of piperazine rings is 1. The standard InChI is InChI=1S/C29H37FN8O4/c1-17-2-4-23(27(40)34-17)38-28(41)19-14-21(30)24(15-20(19)29(38)42)36-12-10-35(11-13-36)16-18-6-8-37(9-7-18)25(32)5-3-22(31)26(33)39/h3,5,14-15,18,23H,1-2,4,6-13,16,31-32H2,(H2,33,39)(H,34,40)/b22-3-,25-5+. The second-order valence-corrected chi connectivity index (χ2v) is 11.3. The number of primary amides is 1. The average Bonchev–Trinajstić information content (AvgIpc) is 3.20. The van der Waals surface area contributed by atoms with E-state index in [4.69, 9.17) is 17.2 Å². The maximum Gasteiger partial charge on any atom is 0.264 e. The number of fused-ring (bicyclic) bond motifs is 1. The molecule has 3 fully saturated rings. The number of allylic oxidation sites excluding steroid dienone is 3. The van der Waals surface area contributed by atoms with E-state index in [-0.39, 0.29) is 16.8 Å². The summed E-state index contributed by atoms with van der Waals surface area (Å²) in [5, 5.41) is 2.60. The number of imide groups is 1. The Bertz CT molecular complexity index is 1380. The van der Waals surface area contributed by atoms with Crippen LogP contribution < -0.4 is 27.4 Å². The Balaban J connectivity index is 1.15. The Hall–Kier alpha value is -4.39. The maximum atomic E-state index is 15.3. The van der Waals surface area contributed by atoms with Gasteiger partial charge in [0, 0.05) is 51.5 Å². The number of nitrogens with two attached hydrogens (primary N) is 3. The van der Waals surface area contributed by atoms with E-state index >= 15 is 4.39 Å². The van der Waals surface area contributed by atoms with Crippen molar-refractivity contribution in [1.29, 1.82) is 0 Å². The summed E-state index contributed by atoms with van der Waals surface area (Å²) >= 11 is 0. The highest BCUT2D eigenvalue weighted by Crippen LogP contribution is 2.33. The first-order valence-corrected chi connectivity index (χ1v) is 14.2. The highest BCUT2D eigenvalue weighted by Gasteiger charge is 2.44. The number of rotatable bonds is 7. The molecule has 0 saturated carbocycles. The first-order chi connectivity index (χ1) is 20.0.